The van der Waals surface area contributed by atoms with Crippen LogP contribution in [0.15, 0.2) is 54.9 Å². The van der Waals surface area contributed by atoms with Gasteiger partial charge in [0.25, 0.3) is 11.8 Å². The maximum absolute atomic E-state index is 14.7. The number of pyridine rings is 2. The Labute approximate surface area is 409 Å². The second-order valence-corrected chi connectivity index (χ2v) is 20.0. The van der Waals surface area contributed by atoms with Crippen molar-refractivity contribution in [3.63, 3.8) is 0 Å². The Morgan fingerprint density at radius 2 is 1.86 bits per heavy atom. The Balaban J connectivity index is 1.08. The number of aromatic nitrogens is 3. The fourth-order valence-electron chi connectivity index (χ4n) is 9.94. The highest BCUT2D eigenvalue weighted by Crippen LogP contribution is 2.35. The molecule has 0 unspecified atom stereocenters. The van der Waals surface area contributed by atoms with E-state index in [0.717, 1.165) is 41.3 Å². The first kappa shape index (κ1) is 50.0. The van der Waals surface area contributed by atoms with E-state index in [2.05, 4.69) is 32.5 Å². The molecule has 3 aromatic heterocycles. The van der Waals surface area contributed by atoms with Crippen LogP contribution in [0.2, 0.25) is 0 Å². The van der Waals surface area contributed by atoms with Gasteiger partial charge in [0.05, 0.1) is 56.0 Å². The molecule has 3 fully saturated rings. The van der Waals surface area contributed by atoms with Gasteiger partial charge >= 0.3 is 5.97 Å². The van der Waals surface area contributed by atoms with E-state index in [-0.39, 0.29) is 56.2 Å². The number of carbonyl (C=O) groups is 5. The van der Waals surface area contributed by atoms with Crippen LogP contribution in [0.25, 0.3) is 28.0 Å². The van der Waals surface area contributed by atoms with Crippen molar-refractivity contribution < 1.29 is 43.3 Å². The summed E-state index contributed by atoms with van der Waals surface area (Å²) in [6, 6.07) is 9.75. The number of phenolic OH excluding ortho intramolecular Hbond substituents is 1. The highest BCUT2D eigenvalue weighted by Gasteiger charge is 2.40. The van der Waals surface area contributed by atoms with E-state index in [0.29, 0.717) is 68.8 Å². The van der Waals surface area contributed by atoms with Crippen LogP contribution in [-0.2, 0) is 57.6 Å². The number of nitrogens with one attached hydrogen (secondary N) is 2. The molecule has 4 atom stereocenters. The smallest absolute Gasteiger partial charge is 0.324 e. The first-order valence-corrected chi connectivity index (χ1v) is 24.3. The zero-order valence-electron chi connectivity index (χ0n) is 41.0. The average molecular weight is 960 g/mol. The number of hydrogen-bond donors (Lipinski definition) is 3. The van der Waals surface area contributed by atoms with Gasteiger partial charge in [0.2, 0.25) is 11.8 Å². The van der Waals surface area contributed by atoms with Gasteiger partial charge in [-0.3, -0.25) is 38.9 Å². The summed E-state index contributed by atoms with van der Waals surface area (Å²) in [6.07, 6.45) is 5.44. The number of phenols is 1. The number of imidazole rings is 1. The molecule has 3 N–H and O–H groups in total. The second kappa shape index (κ2) is 21.7. The minimum absolute atomic E-state index is 0.0335. The number of carbonyl (C=O) groups excluding carboxylic acids is 5. The Kier molecular flexibility index (Phi) is 15.5. The minimum atomic E-state index is -1.19. The first-order valence-electron chi connectivity index (χ1n) is 24.3. The summed E-state index contributed by atoms with van der Waals surface area (Å²) in [6.45, 7) is 12.1. The van der Waals surface area contributed by atoms with Gasteiger partial charge in [-0.05, 0) is 90.6 Å². The molecule has 18 nitrogen and oxygen atoms in total. The third-order valence-electron chi connectivity index (χ3n) is 13.6. The van der Waals surface area contributed by atoms with E-state index in [4.69, 9.17) is 19.2 Å². The number of benzene rings is 1. The molecule has 0 aliphatic carbocycles. The normalized spacial score (nSPS) is 21.4. The fraction of sp³-hybridized carbons (Fsp3) is 0.519. The molecule has 7 heterocycles. The Morgan fingerprint density at radius 3 is 2.63 bits per heavy atom. The lowest BCUT2D eigenvalue weighted by Crippen LogP contribution is -2.62. The van der Waals surface area contributed by atoms with E-state index in [9.17, 15) is 29.1 Å². The zero-order chi connectivity index (χ0) is 49.7. The van der Waals surface area contributed by atoms with Gasteiger partial charge in [-0.2, -0.15) is 0 Å². The lowest BCUT2D eigenvalue weighted by atomic mass is 9.87. The van der Waals surface area contributed by atoms with Gasteiger partial charge in [0, 0.05) is 76.7 Å². The summed E-state index contributed by atoms with van der Waals surface area (Å²) in [7, 11) is 3.20. The number of morpholine rings is 1. The van der Waals surface area contributed by atoms with Crippen LogP contribution in [0.5, 0.6) is 5.75 Å². The van der Waals surface area contributed by atoms with E-state index in [1.54, 1.807) is 37.4 Å². The summed E-state index contributed by atoms with van der Waals surface area (Å²) in [5, 5.41) is 15.6. The van der Waals surface area contributed by atoms with Gasteiger partial charge in [-0.25, -0.2) is 10.4 Å². The molecule has 4 amide bonds. The molecule has 0 radical (unpaired) electrons. The van der Waals surface area contributed by atoms with E-state index in [1.807, 2.05) is 68.6 Å². The third kappa shape index (κ3) is 11.4. The largest absolute Gasteiger partial charge is 0.508 e. The molecule has 4 aliphatic heterocycles. The molecule has 4 aliphatic rings. The number of likely N-dealkylation sites (tertiary alicyclic amines) is 1. The van der Waals surface area contributed by atoms with Crippen LogP contribution < -0.4 is 10.7 Å². The van der Waals surface area contributed by atoms with E-state index < -0.39 is 47.2 Å². The topological polar surface area (TPSA) is 200 Å². The van der Waals surface area contributed by atoms with Crippen molar-refractivity contribution in [1.29, 1.82) is 0 Å². The molecule has 4 aromatic rings. The Hall–Kier alpha value is -6.39. The van der Waals surface area contributed by atoms with Crippen LogP contribution in [0, 0.1) is 29.1 Å². The number of esters is 1. The molecule has 372 valence electrons. The molecule has 6 bridgehead atoms. The van der Waals surface area contributed by atoms with Crippen molar-refractivity contribution in [2.45, 2.75) is 84.5 Å². The molecule has 8 rings (SSSR count). The number of methoxy groups -OCH3 is 1. The lowest BCUT2D eigenvalue weighted by molar-refractivity contribution is -0.155. The van der Waals surface area contributed by atoms with Crippen LogP contribution in [0.4, 0.5) is 0 Å². The number of ether oxygens (including phenoxy) is 3. The average Bonchev–Trinajstić information content (AvgIpc) is 3.98. The van der Waals surface area contributed by atoms with Crippen molar-refractivity contribution in [3.05, 3.63) is 71.8 Å². The van der Waals surface area contributed by atoms with Gasteiger partial charge in [-0.1, -0.05) is 39.7 Å². The van der Waals surface area contributed by atoms with Crippen molar-refractivity contribution in [1.82, 2.24) is 44.8 Å². The predicted octanol–water partition coefficient (Wildman–Crippen LogP) is 3.23. The van der Waals surface area contributed by atoms with Gasteiger partial charge in [-0.15, -0.1) is 0 Å². The first-order chi connectivity index (χ1) is 33.6. The molecule has 18 heteroatoms. The molecule has 1 aromatic carbocycles. The SMILES string of the molecule is COCc1ncccc1-c1nc2ccc3cn2c1CC(C)(C)COC(=O)[C@@H]1CCCN(N1)C(=O)[C@@H](NC(=O)[C@H](C(C)C)N(C)C(=O)[C@H]1CCN(C(=O)C#CCN2CCOCC2)C1)Cc1cc(O)cc-3c1. The molecular weight excluding hydrogens is 895 g/mol. The van der Waals surface area contributed by atoms with E-state index in [1.165, 1.54) is 9.91 Å². The van der Waals surface area contributed by atoms with Crippen molar-refractivity contribution in [2.24, 2.45) is 17.3 Å². The number of aromatic hydroxyl groups is 1. The van der Waals surface area contributed by atoms with Crippen LogP contribution in [0.1, 0.15) is 63.9 Å². The Bertz CT molecular complexity index is 2670. The van der Waals surface area contributed by atoms with Crippen LogP contribution in [0.3, 0.4) is 0 Å². The molecule has 3 saturated heterocycles. The fourth-order valence-corrected chi connectivity index (χ4v) is 9.94. The number of nitrogens with zero attached hydrogens (tertiary/aromatic N) is 7. The summed E-state index contributed by atoms with van der Waals surface area (Å²) in [5.41, 5.74) is 8.30. The third-order valence-corrected chi connectivity index (χ3v) is 13.6. The number of likely N-dealkylation sites (N-methyl/N-ethyl adjacent to an activating group) is 1. The van der Waals surface area contributed by atoms with Crippen molar-refractivity contribution in [2.75, 3.05) is 73.2 Å². The van der Waals surface area contributed by atoms with Gasteiger partial charge in [0.15, 0.2) is 0 Å². The number of fused-ring (bicyclic) bond motifs is 6. The quantitative estimate of drug-likeness (QED) is 0.163. The Morgan fingerprint density at radius 1 is 1.06 bits per heavy atom. The summed E-state index contributed by atoms with van der Waals surface area (Å²) in [5.74, 6) is 2.58. The summed E-state index contributed by atoms with van der Waals surface area (Å²) in [4.78, 5) is 85.3. The van der Waals surface area contributed by atoms with Crippen LogP contribution in [-0.4, -0.2) is 160 Å². The molecule has 0 spiro atoms. The predicted molar refractivity (Wildman–Crippen MR) is 259 cm³/mol. The summed E-state index contributed by atoms with van der Waals surface area (Å²) >= 11 is 0. The number of amides is 4. The van der Waals surface area contributed by atoms with Gasteiger partial charge in [0.1, 0.15) is 29.5 Å². The number of rotatable bonds is 9. The molecule has 70 heavy (non-hydrogen) atoms. The maximum atomic E-state index is 14.7. The zero-order valence-corrected chi connectivity index (χ0v) is 41.0. The summed E-state index contributed by atoms with van der Waals surface area (Å²) < 4.78 is 19.0. The van der Waals surface area contributed by atoms with Crippen molar-refractivity contribution in [3.8, 4) is 40.0 Å². The minimum Gasteiger partial charge on any atom is -0.508 e. The lowest BCUT2D eigenvalue weighted by Gasteiger charge is -2.37. The van der Waals surface area contributed by atoms with Crippen LogP contribution >= 0.6 is 0 Å². The van der Waals surface area contributed by atoms with Crippen molar-refractivity contribution >= 4 is 35.2 Å². The van der Waals surface area contributed by atoms with E-state index >= 15 is 0 Å². The highest BCUT2D eigenvalue weighted by atomic mass is 16.5. The van der Waals surface area contributed by atoms with Gasteiger partial charge < -0.3 is 38.8 Å². The standard InChI is InChI=1S/C52H65N9O9/c1-33(2)47(57(5)49(65)36-15-19-59(29-36)45(63)12-9-17-58-20-22-69-23-21-58)48(64)54-41-26-34-24-37(27-38(62)25-34)35-13-14-44-55-46(39-10-7-16-53-42(39)31-68-6)43(60(44)30-35)28-52(3,4)32-70-51(67)40-11-8-18-61(56-40)50(41)66/h7,10,13-14,16,24-25,27,30,33,36,40-41,47,56,62H,8,11,15,17-23,26,28-29,31-32H2,1-6H3,(H,54,64)/t36-,40-,41-,47-/m0/s1. The number of hydrogen-bond acceptors (Lipinski definition) is 13. The number of cyclic esters (lactones) is 1. The highest BCUT2D eigenvalue weighted by molar-refractivity contribution is 5.95. The maximum Gasteiger partial charge on any atom is 0.324 e. The second-order valence-electron chi connectivity index (χ2n) is 20.0. The molecular formula is C52H65N9O9. The molecule has 0 saturated carbocycles. The number of hydrazine groups is 1. The monoisotopic (exact) mass is 959 g/mol.